The lowest BCUT2D eigenvalue weighted by molar-refractivity contribution is 1.38. The summed E-state index contributed by atoms with van der Waals surface area (Å²) in [6.07, 6.45) is 5.92. The zero-order chi connectivity index (χ0) is 9.26. The molecule has 2 rings (SSSR count). The molecule has 1 aromatic carbocycles. The van der Waals surface area contributed by atoms with E-state index in [-0.39, 0.29) is 20.7 Å². The predicted molar refractivity (Wildman–Crippen MR) is 68.9 cm³/mol. The van der Waals surface area contributed by atoms with Crippen molar-refractivity contribution in [3.8, 4) is 0 Å². The Bertz CT molecular complexity index is 466. The molecule has 0 aromatic heterocycles. The van der Waals surface area contributed by atoms with E-state index >= 15 is 0 Å². The third kappa shape index (κ3) is 1.90. The summed E-state index contributed by atoms with van der Waals surface area (Å²) in [6.45, 7) is 2.16. The maximum absolute atomic E-state index is 2.38. The van der Waals surface area contributed by atoms with Crippen LogP contribution in [0.1, 0.15) is 12.0 Å². The molecule has 0 N–H and O–H groups in total. The van der Waals surface area contributed by atoms with Gasteiger partial charge in [-0.25, -0.2) is 0 Å². The first kappa shape index (κ1) is 9.13. The Balaban J connectivity index is 2.72. The molecule has 0 bridgehead atoms. The van der Waals surface area contributed by atoms with Gasteiger partial charge in [0, 0.05) is 0 Å². The minimum Gasteiger partial charge on any atom is -0.122 e. The highest BCUT2D eigenvalue weighted by molar-refractivity contribution is 14.2. The molecule has 1 aliphatic rings. The second-order valence-corrected chi connectivity index (χ2v) is 5.79. The van der Waals surface area contributed by atoms with Gasteiger partial charge in [0.15, 0.2) is 0 Å². The van der Waals surface area contributed by atoms with E-state index in [1.807, 2.05) is 0 Å². The molecule has 1 aliphatic carbocycles. The fourth-order valence-corrected chi connectivity index (χ4v) is 2.88. The zero-order valence-electron chi connectivity index (χ0n) is 7.97. The largest absolute Gasteiger partial charge is 0.122 e. The molecule has 1 aromatic rings. The molecule has 0 aliphatic heterocycles. The quantitative estimate of drug-likeness (QED) is 0.503. The van der Waals surface area contributed by atoms with E-state index in [0.717, 1.165) is 0 Å². The molecule has 0 nitrogen and oxygen atoms in total. The number of alkyl halides is 1. The van der Waals surface area contributed by atoms with Gasteiger partial charge in [0.1, 0.15) is 0 Å². The molecule has 1 heteroatoms. The van der Waals surface area contributed by atoms with E-state index in [2.05, 4.69) is 42.2 Å². The fourth-order valence-electron chi connectivity index (χ4n) is 1.57. The molecule has 13 heavy (non-hydrogen) atoms. The Kier molecular flexibility index (Phi) is 2.63. The van der Waals surface area contributed by atoms with Gasteiger partial charge < -0.3 is 0 Å². The van der Waals surface area contributed by atoms with E-state index in [4.69, 9.17) is 0 Å². The molecule has 0 radical (unpaired) electrons. The third-order valence-corrected chi connectivity index (χ3v) is 4.45. The lowest BCUT2D eigenvalue weighted by Crippen LogP contribution is -2.28. The minimum atomic E-state index is 0.280. The number of aryl methyl sites for hydroxylation is 1. The number of hydrogen-bond acceptors (Lipinski definition) is 0. The first-order valence-corrected chi connectivity index (χ1v) is 7.67. The highest BCUT2D eigenvalue weighted by Crippen LogP contribution is 2.03. The van der Waals surface area contributed by atoms with Crippen LogP contribution in [-0.2, 0) is 0 Å². The van der Waals surface area contributed by atoms with Crippen LogP contribution in [0, 0.1) is 6.92 Å². The van der Waals surface area contributed by atoms with Crippen LogP contribution in [0.25, 0.3) is 12.2 Å². The highest BCUT2D eigenvalue weighted by Gasteiger charge is 1.97. The summed E-state index contributed by atoms with van der Waals surface area (Å²) in [5.41, 5.74) is 1.36. The average molecular weight is 284 g/mol. The number of benzene rings is 1. The molecule has 0 unspecified atom stereocenters. The van der Waals surface area contributed by atoms with Gasteiger partial charge in [0.05, 0.1) is 0 Å². The summed E-state index contributed by atoms with van der Waals surface area (Å²) in [6, 6.07) is 6.70. The van der Waals surface area contributed by atoms with Crippen LogP contribution in [-0.4, -0.2) is 8.44 Å². The summed E-state index contributed by atoms with van der Waals surface area (Å²) in [5.74, 6) is 0. The Morgan fingerprint density at radius 1 is 1.23 bits per heavy atom. The topological polar surface area (TPSA) is 0 Å². The molecular formula is C12H13I. The van der Waals surface area contributed by atoms with Gasteiger partial charge in [-0.05, 0) is 38.3 Å². The zero-order valence-corrected chi connectivity index (χ0v) is 10.1. The van der Waals surface area contributed by atoms with E-state index in [1.165, 1.54) is 22.4 Å². The Hall–Kier alpha value is -0.440. The Labute approximate surface area is 88.7 Å². The molecule has 68 valence electrons. The van der Waals surface area contributed by atoms with Crippen molar-refractivity contribution in [2.45, 2.75) is 13.3 Å². The standard InChI is InChI=1S/C12H13I/c1-9-3-4-10-5-6-12(13-2)8-11(10)7-9/h3-5,7-8H,6H2,1-2H3. The monoisotopic (exact) mass is 284 g/mol. The summed E-state index contributed by atoms with van der Waals surface area (Å²) in [7, 11) is 0. The molecular weight excluding hydrogens is 271 g/mol. The second-order valence-electron chi connectivity index (χ2n) is 3.32. The smallest absolute Gasteiger partial charge is 0.00367 e. The van der Waals surface area contributed by atoms with Crippen molar-refractivity contribution in [3.63, 3.8) is 0 Å². The van der Waals surface area contributed by atoms with E-state index in [9.17, 15) is 0 Å². The molecule has 0 saturated carbocycles. The van der Waals surface area contributed by atoms with Crippen molar-refractivity contribution >= 4 is 36.4 Å². The second kappa shape index (κ2) is 3.74. The lowest BCUT2D eigenvalue weighted by Gasteiger charge is -2.03. The van der Waals surface area contributed by atoms with Gasteiger partial charge in [0.2, 0.25) is 0 Å². The number of rotatable bonds is 0. The fraction of sp³-hybridized carbons (Fsp3) is 0.250. The predicted octanol–water partition coefficient (Wildman–Crippen LogP) is 1.73. The van der Waals surface area contributed by atoms with Crippen molar-refractivity contribution in [1.82, 2.24) is 0 Å². The third-order valence-electron chi connectivity index (χ3n) is 2.31. The molecule has 0 fully saturated rings. The number of fused-ring (bicyclic) bond motifs is 1. The highest BCUT2D eigenvalue weighted by atomic mass is 127. The van der Waals surface area contributed by atoms with Crippen LogP contribution in [0.2, 0.25) is 0 Å². The number of hydrogen-bond donors (Lipinski definition) is 0. The van der Waals surface area contributed by atoms with Gasteiger partial charge in [-0.2, -0.15) is 0 Å². The maximum atomic E-state index is 2.38. The molecule has 0 spiro atoms. The average Bonchev–Trinajstić information content (AvgIpc) is 2.16. The maximum Gasteiger partial charge on any atom is -0.00367 e. The summed E-state index contributed by atoms with van der Waals surface area (Å²) >= 11 is 0.280. The lowest BCUT2D eigenvalue weighted by atomic mass is 10.1. The van der Waals surface area contributed by atoms with E-state index in [1.54, 1.807) is 3.51 Å². The number of halogens is 1. The van der Waals surface area contributed by atoms with Crippen molar-refractivity contribution in [3.05, 3.63) is 34.2 Å². The molecule has 0 atom stereocenters. The van der Waals surface area contributed by atoms with Crippen molar-refractivity contribution < 1.29 is 0 Å². The normalized spacial score (nSPS) is 18.2. The van der Waals surface area contributed by atoms with E-state index in [0.29, 0.717) is 0 Å². The first-order chi connectivity index (χ1) is 6.29. The molecule has 0 heterocycles. The van der Waals surface area contributed by atoms with Crippen molar-refractivity contribution in [2.75, 3.05) is 4.93 Å². The van der Waals surface area contributed by atoms with Gasteiger partial charge >= 0.3 is 0 Å². The molecule has 0 amide bonds. The van der Waals surface area contributed by atoms with Crippen LogP contribution in [0.3, 0.4) is 0 Å². The minimum absolute atomic E-state index is 0.280. The summed E-state index contributed by atoms with van der Waals surface area (Å²) in [5, 5.41) is 2.83. The Morgan fingerprint density at radius 2 is 2.08 bits per heavy atom. The summed E-state index contributed by atoms with van der Waals surface area (Å²) in [4.78, 5) is 2.33. The van der Waals surface area contributed by atoms with Crippen LogP contribution < -0.4 is 10.4 Å². The van der Waals surface area contributed by atoms with Crippen LogP contribution >= 0.6 is 20.7 Å². The van der Waals surface area contributed by atoms with Gasteiger partial charge in [-0.15, -0.1) is 20.7 Å². The van der Waals surface area contributed by atoms with E-state index < -0.39 is 0 Å². The first-order valence-electron chi connectivity index (χ1n) is 4.43. The van der Waals surface area contributed by atoms with Crippen LogP contribution in [0.15, 0.2) is 18.2 Å². The van der Waals surface area contributed by atoms with Crippen molar-refractivity contribution in [1.29, 1.82) is 0 Å². The van der Waals surface area contributed by atoms with Crippen LogP contribution in [0.5, 0.6) is 0 Å². The van der Waals surface area contributed by atoms with Crippen molar-refractivity contribution in [2.24, 2.45) is 0 Å². The molecule has 0 saturated heterocycles. The van der Waals surface area contributed by atoms with Gasteiger partial charge in [-0.3, -0.25) is 0 Å². The van der Waals surface area contributed by atoms with Gasteiger partial charge in [0.25, 0.3) is 0 Å². The van der Waals surface area contributed by atoms with Crippen LogP contribution in [0.4, 0.5) is 0 Å². The Morgan fingerprint density at radius 3 is 2.85 bits per heavy atom. The SMILES string of the molecule is CI=C1C=c2cc(C)ccc2=CC1. The van der Waals surface area contributed by atoms with Gasteiger partial charge in [-0.1, -0.05) is 29.8 Å². The summed E-state index contributed by atoms with van der Waals surface area (Å²) < 4.78 is 1.65.